The van der Waals surface area contributed by atoms with Crippen molar-refractivity contribution in [3.8, 4) is 5.75 Å². The molecular weight excluding hydrogens is 494 g/mol. The summed E-state index contributed by atoms with van der Waals surface area (Å²) in [5.74, 6) is 2.36. The zero-order valence-corrected chi connectivity index (χ0v) is 23.0. The number of rotatable bonds is 10. The monoisotopic (exact) mass is 533 g/mol. The van der Waals surface area contributed by atoms with Gasteiger partial charge in [-0.3, -0.25) is 4.98 Å². The minimum Gasteiger partial charge on any atom is -0.497 e. The van der Waals surface area contributed by atoms with Crippen LogP contribution >= 0.6 is 0 Å². The van der Waals surface area contributed by atoms with Gasteiger partial charge in [-0.05, 0) is 110 Å². The molecule has 0 amide bonds. The molecule has 7 heteroatoms. The van der Waals surface area contributed by atoms with Crippen LogP contribution in [0.2, 0.25) is 0 Å². The molecule has 2 atom stereocenters. The summed E-state index contributed by atoms with van der Waals surface area (Å²) in [5.41, 5.74) is 4.09. The number of aryl methyl sites for hydroxylation is 1. The first kappa shape index (κ1) is 26.9. The van der Waals surface area contributed by atoms with Crippen molar-refractivity contribution in [1.29, 1.82) is 0 Å². The summed E-state index contributed by atoms with van der Waals surface area (Å²) in [6, 6.07) is 19.8. The first-order valence-corrected chi connectivity index (χ1v) is 15.3. The second-order valence-electron chi connectivity index (χ2n) is 10.8. The lowest BCUT2D eigenvalue weighted by atomic mass is 9.75. The van der Waals surface area contributed by atoms with Crippen molar-refractivity contribution in [1.82, 2.24) is 15.0 Å². The van der Waals surface area contributed by atoms with Crippen molar-refractivity contribution in [3.63, 3.8) is 0 Å². The molecule has 2 aliphatic rings. The average molecular weight is 534 g/mol. The molecule has 0 spiro atoms. The zero-order valence-electron chi connectivity index (χ0n) is 22.2. The SMILES string of the molecule is COc1ccc2c(c1)CC[C@@H](NCC1CCC(CNS(=O)(=O)c3ccccc3)CC1)[C@H]2Cc1cccnc1. The fraction of sp³-hybridized carbons (Fsp3) is 0.452. The number of hydrogen-bond acceptors (Lipinski definition) is 5. The van der Waals surface area contributed by atoms with Crippen LogP contribution in [0.15, 0.2) is 78.0 Å². The fourth-order valence-electron chi connectivity index (χ4n) is 6.15. The van der Waals surface area contributed by atoms with Crippen LogP contribution < -0.4 is 14.8 Å². The van der Waals surface area contributed by atoms with E-state index in [0.29, 0.717) is 35.2 Å². The lowest BCUT2D eigenvalue weighted by Crippen LogP contribution is -2.42. The fourth-order valence-corrected chi connectivity index (χ4v) is 7.29. The minimum atomic E-state index is -3.43. The third-order valence-electron chi connectivity index (χ3n) is 8.39. The van der Waals surface area contributed by atoms with Gasteiger partial charge in [0.15, 0.2) is 0 Å². The Balaban J connectivity index is 1.15. The lowest BCUT2D eigenvalue weighted by molar-refractivity contribution is 0.252. The van der Waals surface area contributed by atoms with E-state index in [0.717, 1.165) is 57.2 Å². The Bertz CT molecular complexity index is 1280. The van der Waals surface area contributed by atoms with Gasteiger partial charge in [-0.25, -0.2) is 13.1 Å². The molecular formula is C31H39N3O3S. The molecule has 1 saturated carbocycles. The molecule has 2 aliphatic carbocycles. The first-order valence-electron chi connectivity index (χ1n) is 13.9. The molecule has 1 fully saturated rings. The third-order valence-corrected chi connectivity index (χ3v) is 9.83. The molecule has 2 N–H and O–H groups in total. The maximum Gasteiger partial charge on any atom is 0.240 e. The topological polar surface area (TPSA) is 80.3 Å². The van der Waals surface area contributed by atoms with E-state index in [1.54, 1.807) is 31.4 Å². The number of pyridine rings is 1. The van der Waals surface area contributed by atoms with Crippen molar-refractivity contribution in [2.45, 2.75) is 61.8 Å². The van der Waals surface area contributed by atoms with E-state index in [1.165, 1.54) is 16.7 Å². The number of ether oxygens (including phenoxy) is 1. The molecule has 0 aliphatic heterocycles. The highest BCUT2D eigenvalue weighted by Crippen LogP contribution is 2.37. The van der Waals surface area contributed by atoms with Crippen LogP contribution in [0.3, 0.4) is 0 Å². The Hall–Kier alpha value is -2.74. The largest absolute Gasteiger partial charge is 0.497 e. The Morgan fingerprint density at radius 2 is 1.68 bits per heavy atom. The Morgan fingerprint density at radius 3 is 2.39 bits per heavy atom. The van der Waals surface area contributed by atoms with Crippen LogP contribution in [0.25, 0.3) is 0 Å². The summed E-state index contributed by atoms with van der Waals surface area (Å²) in [4.78, 5) is 4.69. The molecule has 2 aromatic carbocycles. The number of benzene rings is 2. The van der Waals surface area contributed by atoms with Crippen molar-refractivity contribution in [2.24, 2.45) is 11.8 Å². The number of aromatic nitrogens is 1. The van der Waals surface area contributed by atoms with Crippen LogP contribution in [0.5, 0.6) is 5.75 Å². The Morgan fingerprint density at radius 1 is 0.921 bits per heavy atom. The molecule has 1 heterocycles. The summed E-state index contributed by atoms with van der Waals surface area (Å²) in [7, 11) is -1.70. The molecule has 1 aromatic heterocycles. The number of fused-ring (bicyclic) bond motifs is 1. The zero-order chi connectivity index (χ0) is 26.4. The van der Waals surface area contributed by atoms with Gasteiger partial charge in [0.05, 0.1) is 12.0 Å². The maximum atomic E-state index is 12.6. The Labute approximate surface area is 227 Å². The van der Waals surface area contributed by atoms with Crippen LogP contribution in [0.1, 0.15) is 54.7 Å². The molecule has 0 radical (unpaired) electrons. The molecule has 0 bridgehead atoms. The van der Waals surface area contributed by atoms with Gasteiger partial charge in [0.1, 0.15) is 5.75 Å². The van der Waals surface area contributed by atoms with Crippen molar-refractivity contribution < 1.29 is 13.2 Å². The van der Waals surface area contributed by atoms with E-state index in [2.05, 4.69) is 39.3 Å². The quantitative estimate of drug-likeness (QED) is 0.379. The average Bonchev–Trinajstić information content (AvgIpc) is 2.97. The van der Waals surface area contributed by atoms with E-state index in [1.807, 2.05) is 24.5 Å². The molecule has 38 heavy (non-hydrogen) atoms. The normalized spacial score (nSPS) is 23.5. The van der Waals surface area contributed by atoms with Crippen LogP contribution in [0.4, 0.5) is 0 Å². The van der Waals surface area contributed by atoms with Gasteiger partial charge in [0.25, 0.3) is 0 Å². The van der Waals surface area contributed by atoms with Crippen molar-refractivity contribution >= 4 is 10.0 Å². The van der Waals surface area contributed by atoms with E-state index >= 15 is 0 Å². The highest BCUT2D eigenvalue weighted by Gasteiger charge is 2.31. The van der Waals surface area contributed by atoms with Gasteiger partial charge in [0, 0.05) is 30.9 Å². The molecule has 3 aromatic rings. The van der Waals surface area contributed by atoms with Gasteiger partial charge >= 0.3 is 0 Å². The van der Waals surface area contributed by atoms with Crippen LogP contribution in [0, 0.1) is 11.8 Å². The smallest absolute Gasteiger partial charge is 0.240 e. The van der Waals surface area contributed by atoms with Gasteiger partial charge in [-0.1, -0.05) is 30.3 Å². The lowest BCUT2D eigenvalue weighted by Gasteiger charge is -2.37. The summed E-state index contributed by atoms with van der Waals surface area (Å²) in [5, 5.41) is 3.96. The standard InChI is InChI=1S/C31H39N3O3S/c1-37-27-14-15-29-26(19-27)13-16-31(30(29)18-25-6-5-17-32-20-25)33-21-23-9-11-24(12-10-23)22-34-38(35,36)28-7-3-2-4-8-28/h2-8,14-15,17,19-20,23-24,30-31,33-34H,9-13,16,18,21-22H2,1H3/t23?,24?,30-,31+/m0/s1. The number of methoxy groups -OCH3 is 1. The third kappa shape index (κ3) is 6.63. The number of nitrogens with one attached hydrogen (secondary N) is 2. The summed E-state index contributed by atoms with van der Waals surface area (Å²) in [6.07, 6.45) is 11.4. The van der Waals surface area contributed by atoms with Crippen molar-refractivity contribution in [2.75, 3.05) is 20.2 Å². The summed E-state index contributed by atoms with van der Waals surface area (Å²) >= 11 is 0. The first-order chi connectivity index (χ1) is 18.5. The number of hydrogen-bond donors (Lipinski definition) is 2. The van der Waals surface area contributed by atoms with Gasteiger partial charge in [-0.2, -0.15) is 0 Å². The predicted octanol–water partition coefficient (Wildman–Crippen LogP) is 5.11. The van der Waals surface area contributed by atoms with Gasteiger partial charge in [0.2, 0.25) is 10.0 Å². The van der Waals surface area contributed by atoms with Crippen LogP contribution in [-0.2, 0) is 22.9 Å². The van der Waals surface area contributed by atoms with Gasteiger partial charge < -0.3 is 10.1 Å². The van der Waals surface area contributed by atoms with Crippen molar-refractivity contribution in [3.05, 3.63) is 89.7 Å². The molecule has 0 saturated heterocycles. The maximum absolute atomic E-state index is 12.6. The minimum absolute atomic E-state index is 0.339. The molecule has 5 rings (SSSR count). The predicted molar refractivity (Wildman–Crippen MR) is 151 cm³/mol. The van der Waals surface area contributed by atoms with E-state index < -0.39 is 10.0 Å². The number of sulfonamides is 1. The summed E-state index contributed by atoms with van der Waals surface area (Å²) < 4.78 is 33.5. The van der Waals surface area contributed by atoms with Gasteiger partial charge in [-0.15, -0.1) is 0 Å². The molecule has 202 valence electrons. The second kappa shape index (κ2) is 12.4. The highest BCUT2D eigenvalue weighted by atomic mass is 32.2. The van der Waals surface area contributed by atoms with Crippen LogP contribution in [-0.4, -0.2) is 39.6 Å². The number of nitrogens with zero attached hydrogens (tertiary/aromatic N) is 1. The van der Waals surface area contributed by atoms with E-state index in [-0.39, 0.29) is 0 Å². The molecule has 6 nitrogen and oxygen atoms in total. The van der Waals surface area contributed by atoms with E-state index in [9.17, 15) is 8.42 Å². The Kier molecular flexibility index (Phi) is 8.77. The summed E-state index contributed by atoms with van der Waals surface area (Å²) in [6.45, 7) is 1.54. The highest BCUT2D eigenvalue weighted by molar-refractivity contribution is 7.89. The molecule has 0 unspecified atom stereocenters. The van der Waals surface area contributed by atoms with E-state index in [4.69, 9.17) is 4.74 Å². The second-order valence-corrected chi connectivity index (χ2v) is 12.6.